The summed E-state index contributed by atoms with van der Waals surface area (Å²) in [4.78, 5) is 1.24. The summed E-state index contributed by atoms with van der Waals surface area (Å²) in [5.41, 5.74) is 0. The molecule has 1 aromatic carbocycles. The summed E-state index contributed by atoms with van der Waals surface area (Å²) in [5.74, 6) is 0. The van der Waals surface area contributed by atoms with Crippen LogP contribution in [0.15, 0.2) is 43.2 Å². The average molecular weight is 190 g/mol. The minimum Gasteiger partial charge on any atom is -0.496 e. The van der Waals surface area contributed by atoms with E-state index >= 15 is 0 Å². The second-order valence-corrected chi connectivity index (χ2v) is 3.90. The van der Waals surface area contributed by atoms with Gasteiger partial charge in [-0.2, -0.15) is 0 Å². The fraction of sp³-hybridized carbons (Fsp3) is 0.0909. The van der Waals surface area contributed by atoms with E-state index in [9.17, 15) is 0 Å². The van der Waals surface area contributed by atoms with Gasteiger partial charge in [-0.3, -0.25) is 0 Å². The van der Waals surface area contributed by atoms with Gasteiger partial charge in [0.1, 0.15) is 6.61 Å². The monoisotopic (exact) mass is 190 g/mol. The summed E-state index contributed by atoms with van der Waals surface area (Å²) < 4.78 is 6.43. The normalized spacial score (nSPS) is 10.2. The molecule has 0 fully saturated rings. The minimum atomic E-state index is 0.628. The van der Waals surface area contributed by atoms with E-state index in [4.69, 9.17) is 4.74 Å². The summed E-state index contributed by atoms with van der Waals surface area (Å²) in [5, 5.41) is 1.29. The lowest BCUT2D eigenvalue weighted by Gasteiger charge is -1.93. The first-order valence-corrected chi connectivity index (χ1v) is 4.92. The van der Waals surface area contributed by atoms with Crippen LogP contribution in [0.3, 0.4) is 0 Å². The van der Waals surface area contributed by atoms with Crippen molar-refractivity contribution < 1.29 is 4.74 Å². The third-order valence-electron chi connectivity index (χ3n) is 1.82. The molecule has 0 radical (unpaired) electrons. The van der Waals surface area contributed by atoms with Crippen LogP contribution in [0.25, 0.3) is 10.1 Å². The van der Waals surface area contributed by atoms with E-state index in [1.165, 1.54) is 21.2 Å². The number of hydrogen-bond acceptors (Lipinski definition) is 2. The van der Waals surface area contributed by atoms with Gasteiger partial charge < -0.3 is 4.74 Å². The van der Waals surface area contributed by atoms with Crippen LogP contribution in [0.2, 0.25) is 0 Å². The lowest BCUT2D eigenvalue weighted by Crippen LogP contribution is -1.78. The Morgan fingerprint density at radius 2 is 2.23 bits per heavy atom. The fourth-order valence-electron chi connectivity index (χ4n) is 1.25. The van der Waals surface area contributed by atoms with Gasteiger partial charge >= 0.3 is 0 Å². The molecule has 0 aliphatic carbocycles. The van der Waals surface area contributed by atoms with E-state index in [-0.39, 0.29) is 0 Å². The van der Waals surface area contributed by atoms with E-state index in [1.807, 2.05) is 6.07 Å². The molecule has 0 atom stereocenters. The Morgan fingerprint density at radius 1 is 1.38 bits per heavy atom. The Kier molecular flexibility index (Phi) is 2.32. The zero-order chi connectivity index (χ0) is 9.10. The first-order valence-electron chi connectivity index (χ1n) is 4.10. The Balaban J connectivity index is 2.32. The van der Waals surface area contributed by atoms with Crippen LogP contribution in [0.4, 0.5) is 0 Å². The quantitative estimate of drug-likeness (QED) is 0.672. The third kappa shape index (κ3) is 1.73. The molecular formula is C11H10OS. The summed E-state index contributed by atoms with van der Waals surface area (Å²) in [6.07, 6.45) is 1.48. The lowest BCUT2D eigenvalue weighted by atomic mass is 10.2. The smallest absolute Gasteiger partial charge is 0.122 e. The van der Waals surface area contributed by atoms with Crippen LogP contribution in [-0.4, -0.2) is 0 Å². The number of hydrogen-bond donors (Lipinski definition) is 0. The van der Waals surface area contributed by atoms with Gasteiger partial charge in [-0.05, 0) is 17.5 Å². The number of ether oxygens (including phenoxy) is 1. The molecule has 0 bridgehead atoms. The maximum atomic E-state index is 5.12. The Morgan fingerprint density at radius 3 is 3.00 bits per heavy atom. The third-order valence-corrected chi connectivity index (χ3v) is 2.91. The molecule has 2 rings (SSSR count). The Labute approximate surface area is 81.3 Å². The highest BCUT2D eigenvalue weighted by Crippen LogP contribution is 2.25. The standard InChI is InChI=1S/C11H10OS/c1-2-12-8-10-7-9-5-3-4-6-11(9)13-10/h2-7H,1,8H2. The van der Waals surface area contributed by atoms with Crippen molar-refractivity contribution in [2.75, 3.05) is 0 Å². The average Bonchev–Trinajstić information content (AvgIpc) is 2.57. The lowest BCUT2D eigenvalue weighted by molar-refractivity contribution is 0.241. The van der Waals surface area contributed by atoms with Crippen molar-refractivity contribution in [2.24, 2.45) is 0 Å². The van der Waals surface area contributed by atoms with E-state index < -0.39 is 0 Å². The number of fused-ring (bicyclic) bond motifs is 1. The maximum Gasteiger partial charge on any atom is 0.122 e. The number of rotatable bonds is 3. The van der Waals surface area contributed by atoms with Gasteiger partial charge in [-0.15, -0.1) is 11.3 Å². The van der Waals surface area contributed by atoms with Gasteiger partial charge in [0.05, 0.1) is 6.26 Å². The van der Waals surface area contributed by atoms with Crippen molar-refractivity contribution in [1.82, 2.24) is 0 Å². The van der Waals surface area contributed by atoms with Gasteiger partial charge in [0.2, 0.25) is 0 Å². The van der Waals surface area contributed by atoms with E-state index in [1.54, 1.807) is 11.3 Å². The van der Waals surface area contributed by atoms with Gasteiger partial charge in [0.15, 0.2) is 0 Å². The second kappa shape index (κ2) is 3.62. The van der Waals surface area contributed by atoms with Crippen LogP contribution in [0, 0.1) is 0 Å². The molecule has 0 spiro atoms. The van der Waals surface area contributed by atoms with Crippen molar-refractivity contribution >= 4 is 21.4 Å². The largest absolute Gasteiger partial charge is 0.496 e. The van der Waals surface area contributed by atoms with Gasteiger partial charge in [0, 0.05) is 9.58 Å². The van der Waals surface area contributed by atoms with Crippen LogP contribution in [0.1, 0.15) is 4.88 Å². The molecule has 0 saturated carbocycles. The molecule has 66 valence electrons. The molecular weight excluding hydrogens is 180 g/mol. The molecule has 0 aliphatic rings. The van der Waals surface area contributed by atoms with Gasteiger partial charge in [0.25, 0.3) is 0 Å². The maximum absolute atomic E-state index is 5.12. The zero-order valence-corrected chi connectivity index (χ0v) is 8.01. The summed E-state index contributed by atoms with van der Waals surface area (Å²) in [6, 6.07) is 10.5. The van der Waals surface area contributed by atoms with Gasteiger partial charge in [-0.1, -0.05) is 24.8 Å². The van der Waals surface area contributed by atoms with Gasteiger partial charge in [-0.25, -0.2) is 0 Å². The molecule has 0 saturated heterocycles. The molecule has 0 unspecified atom stereocenters. The predicted molar refractivity (Wildman–Crippen MR) is 56.8 cm³/mol. The SMILES string of the molecule is C=COCc1cc2ccccc2s1. The highest BCUT2D eigenvalue weighted by atomic mass is 32.1. The molecule has 1 nitrogen and oxygen atoms in total. The molecule has 2 heteroatoms. The van der Waals surface area contributed by atoms with Crippen molar-refractivity contribution in [3.63, 3.8) is 0 Å². The zero-order valence-electron chi connectivity index (χ0n) is 7.19. The van der Waals surface area contributed by atoms with E-state index in [0.29, 0.717) is 6.61 Å². The predicted octanol–water partition coefficient (Wildman–Crippen LogP) is 3.56. The van der Waals surface area contributed by atoms with Crippen LogP contribution in [-0.2, 0) is 11.3 Å². The molecule has 0 amide bonds. The Bertz CT molecular complexity index is 384. The molecule has 1 aromatic heterocycles. The molecule has 0 N–H and O–H groups in total. The van der Waals surface area contributed by atoms with Crippen LogP contribution >= 0.6 is 11.3 Å². The fourth-order valence-corrected chi connectivity index (χ4v) is 2.24. The number of benzene rings is 1. The molecule has 2 aromatic rings. The van der Waals surface area contributed by atoms with Crippen molar-refractivity contribution in [3.8, 4) is 0 Å². The molecule has 0 aliphatic heterocycles. The molecule has 13 heavy (non-hydrogen) atoms. The van der Waals surface area contributed by atoms with Crippen LogP contribution < -0.4 is 0 Å². The van der Waals surface area contributed by atoms with E-state index in [0.717, 1.165) is 0 Å². The highest BCUT2D eigenvalue weighted by Gasteiger charge is 1.99. The summed E-state index contributed by atoms with van der Waals surface area (Å²) >= 11 is 1.76. The summed E-state index contributed by atoms with van der Waals surface area (Å²) in [7, 11) is 0. The Hall–Kier alpha value is -1.28. The summed E-state index contributed by atoms with van der Waals surface area (Å²) in [6.45, 7) is 4.14. The molecule has 1 heterocycles. The number of thiophene rings is 1. The topological polar surface area (TPSA) is 9.23 Å². The first-order chi connectivity index (χ1) is 6.40. The van der Waals surface area contributed by atoms with E-state index in [2.05, 4.69) is 30.8 Å². The van der Waals surface area contributed by atoms with Crippen molar-refractivity contribution in [3.05, 3.63) is 48.0 Å². The first kappa shape index (κ1) is 8.32. The minimum absolute atomic E-state index is 0.628. The van der Waals surface area contributed by atoms with Crippen molar-refractivity contribution in [1.29, 1.82) is 0 Å². The van der Waals surface area contributed by atoms with Crippen LogP contribution in [0.5, 0.6) is 0 Å². The van der Waals surface area contributed by atoms with Crippen molar-refractivity contribution in [2.45, 2.75) is 6.61 Å². The highest BCUT2D eigenvalue weighted by molar-refractivity contribution is 7.19. The second-order valence-electron chi connectivity index (χ2n) is 2.73.